The summed E-state index contributed by atoms with van der Waals surface area (Å²) < 4.78 is 6.66. The van der Waals surface area contributed by atoms with Gasteiger partial charge in [-0.05, 0) is 40.5 Å². The number of benzene rings is 1. The van der Waals surface area contributed by atoms with Crippen LogP contribution < -0.4 is 9.64 Å². The zero-order valence-corrected chi connectivity index (χ0v) is 16.3. The van der Waals surface area contributed by atoms with Crippen molar-refractivity contribution in [2.75, 3.05) is 25.1 Å². The van der Waals surface area contributed by atoms with Crippen LogP contribution >= 0.6 is 27.3 Å². The highest BCUT2D eigenvalue weighted by molar-refractivity contribution is 9.10. The minimum absolute atomic E-state index is 0.0273. The Morgan fingerprint density at radius 3 is 2.92 bits per heavy atom. The molecule has 0 bridgehead atoms. The van der Waals surface area contributed by atoms with Gasteiger partial charge in [-0.1, -0.05) is 6.07 Å². The van der Waals surface area contributed by atoms with Crippen LogP contribution in [0, 0.1) is 0 Å². The Morgan fingerprint density at radius 1 is 1.40 bits per heavy atom. The fourth-order valence-corrected chi connectivity index (χ4v) is 4.18. The quantitative estimate of drug-likeness (QED) is 0.713. The molecule has 0 aliphatic carbocycles. The number of nitrogens with zero attached hydrogens (tertiary/aromatic N) is 2. The molecular formula is C18H19BrN2O3S. The third-order valence-corrected chi connectivity index (χ3v) is 5.69. The second-order valence-corrected chi connectivity index (χ2v) is 7.83. The minimum Gasteiger partial charge on any atom is -0.484 e. The van der Waals surface area contributed by atoms with Crippen LogP contribution in [0.4, 0.5) is 5.69 Å². The Morgan fingerprint density at radius 2 is 2.24 bits per heavy atom. The highest BCUT2D eigenvalue weighted by Crippen LogP contribution is 2.25. The predicted molar refractivity (Wildman–Crippen MR) is 102 cm³/mol. The van der Waals surface area contributed by atoms with Crippen molar-refractivity contribution in [3.63, 3.8) is 0 Å². The Hall–Kier alpha value is -1.86. The lowest BCUT2D eigenvalue weighted by Crippen LogP contribution is -2.30. The number of anilines is 1. The lowest BCUT2D eigenvalue weighted by molar-refractivity contribution is -0.132. The molecule has 25 heavy (non-hydrogen) atoms. The number of carbonyl (C=O) groups excluding carboxylic acids is 2. The zero-order valence-electron chi connectivity index (χ0n) is 13.9. The molecule has 2 amide bonds. The SMILES string of the molecule is CN(Cc1cc(Br)cs1)C(=O)COc1cccc(N2CCCC2=O)c1. The molecule has 5 nitrogen and oxygen atoms in total. The van der Waals surface area contributed by atoms with Crippen LogP contribution in [0.15, 0.2) is 40.2 Å². The molecule has 2 aromatic rings. The normalized spacial score (nSPS) is 14.0. The van der Waals surface area contributed by atoms with Crippen molar-refractivity contribution in [3.8, 4) is 5.75 Å². The number of halogens is 1. The molecule has 1 aromatic carbocycles. The van der Waals surface area contributed by atoms with E-state index in [4.69, 9.17) is 4.74 Å². The Labute approximate surface area is 159 Å². The highest BCUT2D eigenvalue weighted by Gasteiger charge is 2.22. The van der Waals surface area contributed by atoms with Gasteiger partial charge in [0.05, 0.1) is 6.54 Å². The number of hydrogen-bond acceptors (Lipinski definition) is 4. The van der Waals surface area contributed by atoms with Gasteiger partial charge in [0, 0.05) is 46.5 Å². The predicted octanol–water partition coefficient (Wildman–Crippen LogP) is 3.67. The van der Waals surface area contributed by atoms with E-state index in [1.165, 1.54) is 0 Å². The third kappa shape index (κ3) is 4.61. The first-order chi connectivity index (χ1) is 12.0. The first kappa shape index (κ1) is 17.9. The second kappa shape index (κ2) is 8.01. The first-order valence-corrected chi connectivity index (χ1v) is 9.70. The fourth-order valence-electron chi connectivity index (χ4n) is 2.68. The van der Waals surface area contributed by atoms with Gasteiger partial charge in [0.2, 0.25) is 5.91 Å². The van der Waals surface area contributed by atoms with E-state index in [2.05, 4.69) is 15.9 Å². The summed E-state index contributed by atoms with van der Waals surface area (Å²) in [5.41, 5.74) is 0.823. The van der Waals surface area contributed by atoms with Gasteiger partial charge in [-0.25, -0.2) is 0 Å². The molecule has 0 spiro atoms. The molecule has 1 saturated heterocycles. The second-order valence-electron chi connectivity index (χ2n) is 5.92. The maximum Gasteiger partial charge on any atom is 0.260 e. The van der Waals surface area contributed by atoms with Crippen molar-refractivity contribution in [3.05, 3.63) is 45.1 Å². The number of thiophene rings is 1. The Bertz CT molecular complexity index is 777. The smallest absolute Gasteiger partial charge is 0.260 e. The molecule has 1 aliphatic heterocycles. The van der Waals surface area contributed by atoms with Crippen LogP contribution in [0.25, 0.3) is 0 Å². The van der Waals surface area contributed by atoms with Crippen LogP contribution in [-0.4, -0.2) is 36.9 Å². The van der Waals surface area contributed by atoms with Crippen molar-refractivity contribution in [2.45, 2.75) is 19.4 Å². The summed E-state index contributed by atoms with van der Waals surface area (Å²) in [5.74, 6) is 0.639. The molecule has 2 heterocycles. The van der Waals surface area contributed by atoms with Crippen LogP contribution in [-0.2, 0) is 16.1 Å². The molecule has 1 aliphatic rings. The fraction of sp³-hybridized carbons (Fsp3) is 0.333. The molecule has 1 aromatic heterocycles. The molecule has 132 valence electrons. The summed E-state index contributed by atoms with van der Waals surface area (Å²) in [6.45, 7) is 1.27. The van der Waals surface area contributed by atoms with Crippen molar-refractivity contribution < 1.29 is 14.3 Å². The van der Waals surface area contributed by atoms with Gasteiger partial charge < -0.3 is 14.5 Å². The van der Waals surface area contributed by atoms with Gasteiger partial charge in [-0.15, -0.1) is 11.3 Å². The van der Waals surface area contributed by atoms with Gasteiger partial charge in [0.15, 0.2) is 6.61 Å². The average Bonchev–Trinajstić information content (AvgIpc) is 3.21. The minimum atomic E-state index is -0.0906. The highest BCUT2D eigenvalue weighted by atomic mass is 79.9. The first-order valence-electron chi connectivity index (χ1n) is 8.03. The maximum absolute atomic E-state index is 12.3. The molecule has 7 heteroatoms. The van der Waals surface area contributed by atoms with E-state index in [0.29, 0.717) is 18.7 Å². The number of hydrogen-bond donors (Lipinski definition) is 0. The average molecular weight is 423 g/mol. The number of ether oxygens (including phenoxy) is 1. The van der Waals surface area contributed by atoms with Crippen LogP contribution in [0.1, 0.15) is 17.7 Å². The van der Waals surface area contributed by atoms with Crippen LogP contribution in [0.3, 0.4) is 0 Å². The van der Waals surface area contributed by atoms with Crippen molar-refractivity contribution >= 4 is 44.8 Å². The van der Waals surface area contributed by atoms with Gasteiger partial charge in [0.25, 0.3) is 5.91 Å². The zero-order chi connectivity index (χ0) is 17.8. The summed E-state index contributed by atoms with van der Waals surface area (Å²) in [6, 6.07) is 9.35. The molecule has 0 unspecified atom stereocenters. The number of carbonyl (C=O) groups is 2. The van der Waals surface area contributed by atoms with Crippen molar-refractivity contribution in [1.82, 2.24) is 4.90 Å². The van der Waals surface area contributed by atoms with E-state index in [-0.39, 0.29) is 18.4 Å². The molecule has 1 fully saturated rings. The molecule has 0 saturated carbocycles. The van der Waals surface area contributed by atoms with E-state index >= 15 is 0 Å². The van der Waals surface area contributed by atoms with Gasteiger partial charge in [-0.3, -0.25) is 9.59 Å². The van der Waals surface area contributed by atoms with E-state index in [1.54, 1.807) is 34.3 Å². The van der Waals surface area contributed by atoms with Crippen LogP contribution in [0.2, 0.25) is 0 Å². The molecule has 0 N–H and O–H groups in total. The lowest BCUT2D eigenvalue weighted by Gasteiger charge is -2.18. The molecular weight excluding hydrogens is 404 g/mol. The number of rotatable bonds is 6. The van der Waals surface area contributed by atoms with Crippen molar-refractivity contribution in [2.24, 2.45) is 0 Å². The van der Waals surface area contributed by atoms with Gasteiger partial charge >= 0.3 is 0 Å². The summed E-state index contributed by atoms with van der Waals surface area (Å²) in [7, 11) is 1.76. The summed E-state index contributed by atoms with van der Waals surface area (Å²) in [5, 5.41) is 2.00. The van der Waals surface area contributed by atoms with Gasteiger partial charge in [0.1, 0.15) is 5.75 Å². The standard InChI is InChI=1S/C18H19BrN2O3S/c1-20(10-16-8-13(19)12-25-16)18(23)11-24-15-5-2-4-14(9-15)21-7-3-6-17(21)22/h2,4-5,8-9,12H,3,6-7,10-11H2,1H3. The molecule has 0 radical (unpaired) electrons. The summed E-state index contributed by atoms with van der Waals surface area (Å²) >= 11 is 5.02. The topological polar surface area (TPSA) is 49.9 Å². The largest absolute Gasteiger partial charge is 0.484 e. The number of likely N-dealkylation sites (N-methyl/N-ethyl adjacent to an activating group) is 1. The Balaban J connectivity index is 1.55. The molecule has 3 rings (SSSR count). The lowest BCUT2D eigenvalue weighted by atomic mass is 10.3. The summed E-state index contributed by atoms with van der Waals surface area (Å²) in [6.07, 6.45) is 1.47. The third-order valence-electron chi connectivity index (χ3n) is 4.01. The monoisotopic (exact) mass is 422 g/mol. The summed E-state index contributed by atoms with van der Waals surface area (Å²) in [4.78, 5) is 28.6. The molecule has 0 atom stereocenters. The van der Waals surface area contributed by atoms with E-state index in [9.17, 15) is 9.59 Å². The van der Waals surface area contributed by atoms with E-state index in [0.717, 1.165) is 28.0 Å². The Kier molecular flexibility index (Phi) is 5.75. The number of amides is 2. The van der Waals surface area contributed by atoms with E-state index in [1.807, 2.05) is 29.6 Å². The van der Waals surface area contributed by atoms with Crippen molar-refractivity contribution in [1.29, 1.82) is 0 Å². The van der Waals surface area contributed by atoms with Crippen LogP contribution in [0.5, 0.6) is 5.75 Å². The maximum atomic E-state index is 12.3. The van der Waals surface area contributed by atoms with E-state index < -0.39 is 0 Å². The van der Waals surface area contributed by atoms with Gasteiger partial charge in [-0.2, -0.15) is 0 Å².